The fourth-order valence-electron chi connectivity index (χ4n) is 0.837. The Hall–Kier alpha value is -0.660. The summed E-state index contributed by atoms with van der Waals surface area (Å²) in [5.41, 5.74) is 0.775. The Morgan fingerprint density at radius 2 is 2.17 bits per heavy atom. The molecular formula is C9H8Cl2O. The molecule has 64 valence electrons. The molecular weight excluding hydrogens is 195 g/mol. The largest absolute Gasteiger partial charge is 0.506 e. The lowest BCUT2D eigenvalue weighted by Gasteiger charge is -1.99. The molecule has 0 saturated carbocycles. The Balaban J connectivity index is 3.00. The van der Waals surface area contributed by atoms with Crippen molar-refractivity contribution < 1.29 is 5.11 Å². The van der Waals surface area contributed by atoms with E-state index in [-0.39, 0.29) is 5.75 Å². The van der Waals surface area contributed by atoms with E-state index < -0.39 is 0 Å². The first-order valence-corrected chi connectivity index (χ1v) is 4.37. The molecule has 1 aromatic carbocycles. The summed E-state index contributed by atoms with van der Waals surface area (Å²) in [5, 5.41) is 9.56. The number of rotatable bonds is 2. The van der Waals surface area contributed by atoms with Gasteiger partial charge in [0.15, 0.2) is 0 Å². The van der Waals surface area contributed by atoms with Gasteiger partial charge < -0.3 is 5.11 Å². The van der Waals surface area contributed by atoms with Crippen molar-refractivity contribution in [2.75, 3.05) is 5.88 Å². The highest BCUT2D eigenvalue weighted by Crippen LogP contribution is 2.27. The Labute approximate surface area is 81.2 Å². The van der Waals surface area contributed by atoms with Crippen LogP contribution in [0.3, 0.4) is 0 Å². The molecule has 0 aliphatic rings. The van der Waals surface area contributed by atoms with Gasteiger partial charge in [0.1, 0.15) is 5.75 Å². The fourth-order valence-corrected chi connectivity index (χ4v) is 1.12. The van der Waals surface area contributed by atoms with E-state index >= 15 is 0 Å². The van der Waals surface area contributed by atoms with Crippen LogP contribution in [-0.2, 0) is 0 Å². The molecule has 0 saturated heterocycles. The summed E-state index contributed by atoms with van der Waals surface area (Å²) in [4.78, 5) is 0. The number of hydrogen-bond donors (Lipinski definition) is 1. The second kappa shape index (κ2) is 4.39. The highest BCUT2D eigenvalue weighted by molar-refractivity contribution is 6.33. The van der Waals surface area contributed by atoms with Crippen LogP contribution in [0, 0.1) is 0 Å². The van der Waals surface area contributed by atoms with E-state index in [0.717, 1.165) is 5.56 Å². The fraction of sp³-hybridized carbons (Fsp3) is 0.111. The molecule has 0 unspecified atom stereocenters. The second-order valence-electron chi connectivity index (χ2n) is 2.24. The zero-order valence-corrected chi connectivity index (χ0v) is 7.81. The number of phenolic OH excluding ortho intramolecular Hbond substituents is 1. The summed E-state index contributed by atoms with van der Waals surface area (Å²) in [5.74, 6) is 0.528. The molecule has 0 atom stereocenters. The summed E-state index contributed by atoms with van der Waals surface area (Å²) in [6.07, 6.45) is 3.54. The monoisotopic (exact) mass is 202 g/mol. The average molecular weight is 203 g/mol. The van der Waals surface area contributed by atoms with E-state index in [1.54, 1.807) is 24.3 Å². The summed E-state index contributed by atoms with van der Waals surface area (Å²) < 4.78 is 0. The maximum absolute atomic E-state index is 9.20. The third-order valence-electron chi connectivity index (χ3n) is 1.39. The number of allylic oxidation sites excluding steroid dienone is 1. The number of hydrogen-bond acceptors (Lipinski definition) is 1. The van der Waals surface area contributed by atoms with E-state index in [1.165, 1.54) is 0 Å². The second-order valence-corrected chi connectivity index (χ2v) is 2.92. The minimum Gasteiger partial charge on any atom is -0.506 e. The smallest absolute Gasteiger partial charge is 0.134 e. The third kappa shape index (κ3) is 2.16. The van der Waals surface area contributed by atoms with Crippen molar-refractivity contribution in [3.63, 3.8) is 0 Å². The van der Waals surface area contributed by atoms with Crippen molar-refractivity contribution in [2.45, 2.75) is 0 Å². The minimum atomic E-state index is 0.0911. The Kier molecular flexibility index (Phi) is 3.45. The van der Waals surface area contributed by atoms with Gasteiger partial charge in [0.2, 0.25) is 0 Å². The maximum Gasteiger partial charge on any atom is 0.134 e. The Morgan fingerprint density at radius 3 is 2.83 bits per heavy atom. The first kappa shape index (κ1) is 9.43. The number of aromatic hydroxyl groups is 1. The first-order chi connectivity index (χ1) is 5.75. The van der Waals surface area contributed by atoms with Gasteiger partial charge in [-0.15, -0.1) is 11.6 Å². The van der Waals surface area contributed by atoms with Crippen molar-refractivity contribution in [1.82, 2.24) is 0 Å². The van der Waals surface area contributed by atoms with Crippen LogP contribution in [0.5, 0.6) is 5.75 Å². The molecule has 1 rings (SSSR count). The maximum atomic E-state index is 9.20. The molecule has 1 nitrogen and oxygen atoms in total. The van der Waals surface area contributed by atoms with Crippen LogP contribution in [0.25, 0.3) is 6.08 Å². The molecule has 0 aliphatic heterocycles. The van der Waals surface area contributed by atoms with E-state index in [1.807, 2.05) is 6.07 Å². The van der Waals surface area contributed by atoms with Gasteiger partial charge in [-0.1, -0.05) is 35.9 Å². The minimum absolute atomic E-state index is 0.0911. The molecule has 3 heteroatoms. The van der Waals surface area contributed by atoms with Crippen molar-refractivity contribution in [1.29, 1.82) is 0 Å². The van der Waals surface area contributed by atoms with Crippen molar-refractivity contribution >= 4 is 29.3 Å². The molecule has 0 aliphatic carbocycles. The van der Waals surface area contributed by atoms with Crippen molar-refractivity contribution in [2.24, 2.45) is 0 Å². The van der Waals surface area contributed by atoms with Gasteiger partial charge in [-0.3, -0.25) is 0 Å². The van der Waals surface area contributed by atoms with Crippen molar-refractivity contribution in [3.05, 3.63) is 34.9 Å². The van der Waals surface area contributed by atoms with E-state index in [4.69, 9.17) is 23.2 Å². The molecule has 0 heterocycles. The zero-order chi connectivity index (χ0) is 8.97. The van der Waals surface area contributed by atoms with Crippen molar-refractivity contribution in [3.8, 4) is 5.75 Å². The number of halogens is 2. The Bertz CT molecular complexity index is 295. The SMILES string of the molecule is Oc1cccc(C=CCCl)c1Cl. The molecule has 0 amide bonds. The van der Waals surface area contributed by atoms with Crippen LogP contribution in [0.2, 0.25) is 5.02 Å². The zero-order valence-electron chi connectivity index (χ0n) is 6.30. The lowest BCUT2D eigenvalue weighted by atomic mass is 10.2. The quantitative estimate of drug-likeness (QED) is 0.731. The number of benzene rings is 1. The van der Waals surface area contributed by atoms with Crippen LogP contribution in [0.4, 0.5) is 0 Å². The van der Waals surface area contributed by atoms with Gasteiger partial charge in [-0.2, -0.15) is 0 Å². The molecule has 0 radical (unpaired) electrons. The molecule has 1 aromatic rings. The standard InChI is InChI=1S/C9H8Cl2O/c10-6-2-4-7-3-1-5-8(12)9(7)11/h1-5,12H,6H2. The number of phenols is 1. The molecule has 0 spiro atoms. The molecule has 0 fully saturated rings. The lowest BCUT2D eigenvalue weighted by molar-refractivity contribution is 0.475. The predicted octanol–water partition coefficient (Wildman–Crippen LogP) is 3.30. The highest BCUT2D eigenvalue weighted by atomic mass is 35.5. The van der Waals surface area contributed by atoms with Gasteiger partial charge in [0.05, 0.1) is 5.02 Å². The lowest BCUT2D eigenvalue weighted by Crippen LogP contribution is -1.75. The van der Waals surface area contributed by atoms with Gasteiger partial charge in [-0.25, -0.2) is 0 Å². The normalized spacial score (nSPS) is 10.8. The van der Waals surface area contributed by atoms with Gasteiger partial charge in [-0.05, 0) is 11.6 Å². The Morgan fingerprint density at radius 1 is 1.42 bits per heavy atom. The summed E-state index contributed by atoms with van der Waals surface area (Å²) in [6.45, 7) is 0. The van der Waals surface area contributed by atoms with Crippen LogP contribution in [0.1, 0.15) is 5.56 Å². The van der Waals surface area contributed by atoms with E-state index in [0.29, 0.717) is 10.9 Å². The van der Waals surface area contributed by atoms with Gasteiger partial charge >= 0.3 is 0 Å². The van der Waals surface area contributed by atoms with Crippen LogP contribution >= 0.6 is 23.2 Å². The first-order valence-electron chi connectivity index (χ1n) is 3.45. The molecule has 1 N–H and O–H groups in total. The average Bonchev–Trinajstić information content (AvgIpc) is 2.08. The van der Waals surface area contributed by atoms with E-state index in [9.17, 15) is 5.11 Å². The third-order valence-corrected chi connectivity index (χ3v) is 1.98. The highest BCUT2D eigenvalue weighted by Gasteiger charge is 2.00. The number of alkyl halides is 1. The van der Waals surface area contributed by atoms with Crippen LogP contribution in [0.15, 0.2) is 24.3 Å². The van der Waals surface area contributed by atoms with Gasteiger partial charge in [0, 0.05) is 5.88 Å². The van der Waals surface area contributed by atoms with E-state index in [2.05, 4.69) is 0 Å². The van der Waals surface area contributed by atoms with Gasteiger partial charge in [0.25, 0.3) is 0 Å². The topological polar surface area (TPSA) is 20.2 Å². The summed E-state index contributed by atoms with van der Waals surface area (Å²) in [6, 6.07) is 5.08. The molecule has 0 aromatic heterocycles. The summed E-state index contributed by atoms with van der Waals surface area (Å²) >= 11 is 11.2. The van der Waals surface area contributed by atoms with Crippen LogP contribution < -0.4 is 0 Å². The molecule has 12 heavy (non-hydrogen) atoms. The molecule has 0 bridgehead atoms. The predicted molar refractivity (Wildman–Crippen MR) is 52.9 cm³/mol. The summed E-state index contributed by atoms with van der Waals surface area (Å²) in [7, 11) is 0. The van der Waals surface area contributed by atoms with Crippen LogP contribution in [-0.4, -0.2) is 11.0 Å².